The smallest absolute Gasteiger partial charge is 0.0962 e. The van der Waals surface area contributed by atoms with E-state index >= 15 is 0 Å². The molecular formula is C13H22N2S. The van der Waals surface area contributed by atoms with Crippen LogP contribution in [0.1, 0.15) is 66.9 Å². The van der Waals surface area contributed by atoms with Crippen LogP contribution in [0.2, 0.25) is 0 Å². The standard InChI is InChI=1S/C13H22N2S/c1-9(2)12-11(8-14-3)16-13(15-12)10-6-4-5-7-10/h9-10,14H,4-8H2,1-3H3. The number of hydrogen-bond acceptors (Lipinski definition) is 3. The third kappa shape index (κ3) is 2.46. The van der Waals surface area contributed by atoms with Gasteiger partial charge in [0.2, 0.25) is 0 Å². The average molecular weight is 238 g/mol. The van der Waals surface area contributed by atoms with Gasteiger partial charge in [-0.3, -0.25) is 0 Å². The van der Waals surface area contributed by atoms with Crippen molar-refractivity contribution in [2.75, 3.05) is 7.05 Å². The summed E-state index contributed by atoms with van der Waals surface area (Å²) in [6.45, 7) is 5.46. The number of aromatic nitrogens is 1. The molecule has 2 nitrogen and oxygen atoms in total. The summed E-state index contributed by atoms with van der Waals surface area (Å²) in [5, 5.41) is 4.65. The van der Waals surface area contributed by atoms with Gasteiger partial charge in [0.1, 0.15) is 0 Å². The zero-order valence-corrected chi connectivity index (χ0v) is 11.4. The van der Waals surface area contributed by atoms with Crippen LogP contribution in [0.5, 0.6) is 0 Å². The monoisotopic (exact) mass is 238 g/mol. The maximum Gasteiger partial charge on any atom is 0.0962 e. The maximum absolute atomic E-state index is 4.89. The molecule has 2 rings (SSSR count). The predicted octanol–water partition coefficient (Wildman–Crippen LogP) is 3.64. The third-order valence-corrected chi connectivity index (χ3v) is 4.57. The molecule has 0 spiro atoms. The fraction of sp³-hybridized carbons (Fsp3) is 0.769. The first kappa shape index (κ1) is 12.1. The molecule has 0 atom stereocenters. The van der Waals surface area contributed by atoms with Gasteiger partial charge in [0.15, 0.2) is 0 Å². The average Bonchev–Trinajstić information content (AvgIpc) is 2.83. The van der Waals surface area contributed by atoms with Gasteiger partial charge in [-0.05, 0) is 25.8 Å². The van der Waals surface area contributed by atoms with Crippen molar-refractivity contribution in [3.05, 3.63) is 15.6 Å². The Morgan fingerprint density at radius 2 is 2.06 bits per heavy atom. The number of hydrogen-bond donors (Lipinski definition) is 1. The highest BCUT2D eigenvalue weighted by Gasteiger charge is 2.23. The van der Waals surface area contributed by atoms with Crippen molar-refractivity contribution in [1.82, 2.24) is 10.3 Å². The lowest BCUT2D eigenvalue weighted by atomic mass is 10.1. The molecule has 1 aromatic rings. The Morgan fingerprint density at radius 3 is 2.62 bits per heavy atom. The summed E-state index contributed by atoms with van der Waals surface area (Å²) in [4.78, 5) is 6.33. The van der Waals surface area contributed by atoms with Crippen molar-refractivity contribution in [2.24, 2.45) is 0 Å². The van der Waals surface area contributed by atoms with Crippen LogP contribution < -0.4 is 5.32 Å². The Bertz CT molecular complexity index is 338. The van der Waals surface area contributed by atoms with E-state index in [1.807, 2.05) is 18.4 Å². The van der Waals surface area contributed by atoms with E-state index < -0.39 is 0 Å². The van der Waals surface area contributed by atoms with Gasteiger partial charge in [-0.1, -0.05) is 26.7 Å². The van der Waals surface area contributed by atoms with Gasteiger partial charge in [-0.2, -0.15) is 0 Å². The maximum atomic E-state index is 4.89. The fourth-order valence-electron chi connectivity index (χ4n) is 2.47. The fourth-order valence-corrected chi connectivity index (χ4v) is 3.87. The minimum Gasteiger partial charge on any atom is -0.315 e. The van der Waals surface area contributed by atoms with E-state index in [4.69, 9.17) is 4.98 Å². The summed E-state index contributed by atoms with van der Waals surface area (Å²) in [5.74, 6) is 1.31. The van der Waals surface area contributed by atoms with E-state index in [9.17, 15) is 0 Å². The molecule has 16 heavy (non-hydrogen) atoms. The Hall–Kier alpha value is -0.410. The summed E-state index contributed by atoms with van der Waals surface area (Å²) in [6.07, 6.45) is 5.49. The van der Waals surface area contributed by atoms with Gasteiger partial charge >= 0.3 is 0 Å². The number of nitrogens with zero attached hydrogens (tertiary/aromatic N) is 1. The van der Waals surface area contributed by atoms with Crippen LogP contribution in [-0.2, 0) is 6.54 Å². The molecule has 0 amide bonds. The lowest BCUT2D eigenvalue weighted by Crippen LogP contribution is -2.06. The summed E-state index contributed by atoms with van der Waals surface area (Å²) < 4.78 is 0. The van der Waals surface area contributed by atoms with E-state index in [1.165, 1.54) is 41.3 Å². The van der Waals surface area contributed by atoms with Gasteiger partial charge in [0.05, 0.1) is 10.7 Å². The molecule has 0 aliphatic heterocycles. The van der Waals surface area contributed by atoms with Crippen LogP contribution in [0.25, 0.3) is 0 Å². The summed E-state index contributed by atoms with van der Waals surface area (Å²) >= 11 is 1.94. The van der Waals surface area contributed by atoms with Crippen molar-refractivity contribution >= 4 is 11.3 Å². The van der Waals surface area contributed by atoms with Crippen LogP contribution >= 0.6 is 11.3 Å². The molecule has 3 heteroatoms. The molecule has 1 aromatic heterocycles. The van der Waals surface area contributed by atoms with Crippen molar-refractivity contribution < 1.29 is 0 Å². The second kappa shape index (κ2) is 5.28. The molecule has 0 bridgehead atoms. The van der Waals surface area contributed by atoms with Gasteiger partial charge < -0.3 is 5.32 Å². The molecule has 0 saturated heterocycles. The molecule has 0 unspecified atom stereocenters. The van der Waals surface area contributed by atoms with Gasteiger partial charge in [0.25, 0.3) is 0 Å². The minimum atomic E-state index is 0.551. The molecular weight excluding hydrogens is 216 g/mol. The lowest BCUT2D eigenvalue weighted by Gasteiger charge is -2.04. The minimum absolute atomic E-state index is 0.551. The predicted molar refractivity (Wildman–Crippen MR) is 70.2 cm³/mol. The Kier molecular flexibility index (Phi) is 3.98. The number of thiazole rings is 1. The zero-order chi connectivity index (χ0) is 11.5. The molecule has 1 saturated carbocycles. The van der Waals surface area contributed by atoms with E-state index in [2.05, 4.69) is 19.2 Å². The molecule has 1 heterocycles. The Labute approximate surface area is 102 Å². The van der Waals surface area contributed by atoms with Crippen LogP contribution in [0.15, 0.2) is 0 Å². The highest BCUT2D eigenvalue weighted by Crippen LogP contribution is 2.38. The van der Waals surface area contributed by atoms with Gasteiger partial charge in [-0.25, -0.2) is 4.98 Å². The van der Waals surface area contributed by atoms with Crippen LogP contribution in [0.4, 0.5) is 0 Å². The second-order valence-corrected chi connectivity index (χ2v) is 6.14. The van der Waals surface area contributed by atoms with Crippen LogP contribution in [0.3, 0.4) is 0 Å². The molecule has 0 aromatic carbocycles. The second-order valence-electron chi connectivity index (χ2n) is 5.03. The summed E-state index contributed by atoms with van der Waals surface area (Å²) in [7, 11) is 2.01. The number of nitrogens with one attached hydrogen (secondary N) is 1. The molecule has 1 aliphatic rings. The summed E-state index contributed by atoms with van der Waals surface area (Å²) in [6, 6.07) is 0. The first-order valence-electron chi connectivity index (χ1n) is 6.36. The molecule has 1 N–H and O–H groups in total. The highest BCUT2D eigenvalue weighted by atomic mass is 32.1. The van der Waals surface area contributed by atoms with E-state index in [0.29, 0.717) is 5.92 Å². The molecule has 1 aliphatic carbocycles. The van der Waals surface area contributed by atoms with Gasteiger partial charge in [0, 0.05) is 17.3 Å². The first-order valence-corrected chi connectivity index (χ1v) is 7.18. The lowest BCUT2D eigenvalue weighted by molar-refractivity contribution is 0.701. The SMILES string of the molecule is CNCc1sc(C2CCCC2)nc1C(C)C. The van der Waals surface area contributed by atoms with E-state index in [0.717, 1.165) is 12.5 Å². The highest BCUT2D eigenvalue weighted by molar-refractivity contribution is 7.11. The normalized spacial score (nSPS) is 17.5. The van der Waals surface area contributed by atoms with Crippen molar-refractivity contribution in [3.63, 3.8) is 0 Å². The topological polar surface area (TPSA) is 24.9 Å². The number of rotatable bonds is 4. The third-order valence-electron chi connectivity index (χ3n) is 3.33. The Morgan fingerprint density at radius 1 is 1.38 bits per heavy atom. The van der Waals surface area contributed by atoms with Crippen molar-refractivity contribution in [2.45, 2.75) is 57.9 Å². The van der Waals surface area contributed by atoms with E-state index in [-0.39, 0.29) is 0 Å². The van der Waals surface area contributed by atoms with Crippen molar-refractivity contribution in [1.29, 1.82) is 0 Å². The van der Waals surface area contributed by atoms with E-state index in [1.54, 1.807) is 0 Å². The summed E-state index contributed by atoms with van der Waals surface area (Å²) in [5.41, 5.74) is 1.32. The Balaban J connectivity index is 2.22. The molecule has 0 radical (unpaired) electrons. The quantitative estimate of drug-likeness (QED) is 0.866. The largest absolute Gasteiger partial charge is 0.315 e. The van der Waals surface area contributed by atoms with Gasteiger partial charge in [-0.15, -0.1) is 11.3 Å². The molecule has 1 fully saturated rings. The van der Waals surface area contributed by atoms with Crippen molar-refractivity contribution in [3.8, 4) is 0 Å². The first-order chi connectivity index (χ1) is 7.72. The molecule has 90 valence electrons. The van der Waals surface area contributed by atoms with Crippen LogP contribution in [0, 0.1) is 0 Å². The zero-order valence-electron chi connectivity index (χ0n) is 10.5. The van der Waals surface area contributed by atoms with Crippen LogP contribution in [-0.4, -0.2) is 12.0 Å².